The van der Waals surface area contributed by atoms with Crippen LogP contribution < -0.4 is 10.0 Å². The molecule has 2 amide bonds. The first-order valence-electron chi connectivity index (χ1n) is 11.4. The maximum Gasteiger partial charge on any atom is 0.261 e. The summed E-state index contributed by atoms with van der Waals surface area (Å²) < 4.78 is 33.1. The Morgan fingerprint density at radius 2 is 1.65 bits per heavy atom. The van der Waals surface area contributed by atoms with Crippen LogP contribution in [0.1, 0.15) is 27.1 Å². The summed E-state index contributed by atoms with van der Waals surface area (Å²) in [6, 6.07) is 25.3. The first-order chi connectivity index (χ1) is 17.9. The van der Waals surface area contributed by atoms with Gasteiger partial charge in [0, 0.05) is 16.9 Å². The lowest BCUT2D eigenvalue weighted by Gasteiger charge is -2.23. The third-order valence-corrected chi connectivity index (χ3v) is 8.43. The smallest absolute Gasteiger partial charge is 0.261 e. The molecule has 1 atom stereocenters. The summed E-state index contributed by atoms with van der Waals surface area (Å²) in [7, 11) is -3.75. The molecular formula is C27H23N3O5S2. The lowest BCUT2D eigenvalue weighted by Crippen LogP contribution is -2.27. The van der Waals surface area contributed by atoms with E-state index in [1.54, 1.807) is 71.8 Å². The van der Waals surface area contributed by atoms with Gasteiger partial charge in [-0.1, -0.05) is 30.3 Å². The zero-order valence-corrected chi connectivity index (χ0v) is 21.2. The predicted octanol–water partition coefficient (Wildman–Crippen LogP) is 5.11. The third-order valence-electron chi connectivity index (χ3n) is 5.78. The summed E-state index contributed by atoms with van der Waals surface area (Å²) in [4.78, 5) is 27.0. The number of nitrogens with one attached hydrogen (secondary N) is 2. The Kier molecular flexibility index (Phi) is 7.02. The third kappa shape index (κ3) is 5.71. The number of anilines is 2. The molecule has 1 saturated heterocycles. The molecule has 0 bridgehead atoms. The molecular weight excluding hydrogens is 510 g/mol. The number of rotatable bonds is 8. The molecule has 0 radical (unpaired) electrons. The molecule has 2 N–H and O–H groups in total. The zero-order chi connectivity index (χ0) is 25.8. The van der Waals surface area contributed by atoms with Crippen LogP contribution in [0.5, 0.6) is 0 Å². The van der Waals surface area contributed by atoms with Crippen LogP contribution in [0.15, 0.2) is 107 Å². The highest BCUT2D eigenvalue weighted by Gasteiger charge is 2.33. The van der Waals surface area contributed by atoms with Gasteiger partial charge in [0.2, 0.25) is 5.91 Å². The van der Waals surface area contributed by atoms with E-state index in [4.69, 9.17) is 4.42 Å². The maximum atomic E-state index is 12.8. The van der Waals surface area contributed by atoms with Crippen LogP contribution in [0.3, 0.4) is 0 Å². The predicted molar refractivity (Wildman–Crippen MR) is 143 cm³/mol. The molecule has 3 aromatic carbocycles. The van der Waals surface area contributed by atoms with Crippen molar-refractivity contribution >= 4 is 45.0 Å². The number of nitrogens with zero attached hydrogens (tertiary/aromatic N) is 1. The fourth-order valence-electron chi connectivity index (χ4n) is 3.91. The van der Waals surface area contributed by atoms with Crippen molar-refractivity contribution in [2.24, 2.45) is 0 Å². The summed E-state index contributed by atoms with van der Waals surface area (Å²) in [5, 5.41) is 2.63. The highest BCUT2D eigenvalue weighted by atomic mass is 32.2. The minimum absolute atomic E-state index is 0.0395. The summed E-state index contributed by atoms with van der Waals surface area (Å²) in [6.45, 7) is 0.387. The maximum absolute atomic E-state index is 12.8. The summed E-state index contributed by atoms with van der Waals surface area (Å²) in [6.07, 6.45) is 1.58. The van der Waals surface area contributed by atoms with Gasteiger partial charge in [-0.2, -0.15) is 0 Å². The molecule has 1 fully saturated rings. The molecule has 0 aliphatic carbocycles. The van der Waals surface area contributed by atoms with E-state index in [1.807, 2.05) is 18.2 Å². The Bertz CT molecular complexity index is 1490. The highest BCUT2D eigenvalue weighted by molar-refractivity contribution is 8.00. The average Bonchev–Trinajstić information content (AvgIpc) is 3.55. The van der Waals surface area contributed by atoms with Crippen LogP contribution in [-0.2, 0) is 21.4 Å². The number of hydrogen-bond acceptors (Lipinski definition) is 6. The molecule has 0 spiro atoms. The molecule has 4 aromatic rings. The van der Waals surface area contributed by atoms with E-state index in [2.05, 4.69) is 10.0 Å². The number of thioether (sulfide) groups is 1. The van der Waals surface area contributed by atoms with Crippen molar-refractivity contribution < 1.29 is 22.4 Å². The lowest BCUT2D eigenvalue weighted by molar-refractivity contribution is -0.128. The first kappa shape index (κ1) is 24.7. The Balaban J connectivity index is 1.23. The molecule has 37 heavy (non-hydrogen) atoms. The van der Waals surface area contributed by atoms with E-state index in [-0.39, 0.29) is 22.1 Å². The molecule has 1 unspecified atom stereocenters. The van der Waals surface area contributed by atoms with Gasteiger partial charge >= 0.3 is 0 Å². The Hall–Kier alpha value is -4.02. The summed E-state index contributed by atoms with van der Waals surface area (Å²) >= 11 is 1.53. The minimum atomic E-state index is -3.75. The largest absolute Gasteiger partial charge is 0.467 e. The molecule has 2 heterocycles. The number of benzene rings is 3. The van der Waals surface area contributed by atoms with Crippen molar-refractivity contribution in [2.45, 2.75) is 16.8 Å². The summed E-state index contributed by atoms with van der Waals surface area (Å²) in [5.41, 5.74) is 2.29. The molecule has 10 heteroatoms. The number of hydrogen-bond donors (Lipinski definition) is 2. The molecule has 1 aliphatic heterocycles. The molecule has 1 aromatic heterocycles. The monoisotopic (exact) mass is 533 g/mol. The number of para-hydroxylation sites is 1. The van der Waals surface area contributed by atoms with Gasteiger partial charge in [-0.3, -0.25) is 14.3 Å². The van der Waals surface area contributed by atoms with Crippen LogP contribution >= 0.6 is 11.8 Å². The van der Waals surface area contributed by atoms with Gasteiger partial charge in [-0.15, -0.1) is 11.8 Å². The van der Waals surface area contributed by atoms with Gasteiger partial charge in [-0.25, -0.2) is 8.42 Å². The van der Waals surface area contributed by atoms with Gasteiger partial charge in [0.15, 0.2) is 0 Å². The second-order valence-electron chi connectivity index (χ2n) is 8.34. The lowest BCUT2D eigenvalue weighted by atomic mass is 10.1. The van der Waals surface area contributed by atoms with Gasteiger partial charge in [-0.05, 0) is 66.2 Å². The van der Waals surface area contributed by atoms with Crippen molar-refractivity contribution in [2.75, 3.05) is 15.8 Å². The van der Waals surface area contributed by atoms with E-state index in [0.29, 0.717) is 35.0 Å². The van der Waals surface area contributed by atoms with Gasteiger partial charge in [0.25, 0.3) is 15.9 Å². The number of sulfonamides is 1. The van der Waals surface area contributed by atoms with Gasteiger partial charge in [0.1, 0.15) is 11.1 Å². The van der Waals surface area contributed by atoms with Crippen LogP contribution in [-0.4, -0.2) is 30.9 Å². The number of amides is 2. The topological polar surface area (TPSA) is 109 Å². The molecule has 0 saturated carbocycles. The Morgan fingerprint density at radius 1 is 0.919 bits per heavy atom. The molecule has 5 rings (SSSR count). The number of carbonyl (C=O) groups is 2. The van der Waals surface area contributed by atoms with Crippen LogP contribution in [0.25, 0.3) is 0 Å². The Labute approximate surface area is 218 Å². The van der Waals surface area contributed by atoms with Gasteiger partial charge in [0.05, 0.1) is 23.5 Å². The second kappa shape index (κ2) is 10.5. The van der Waals surface area contributed by atoms with Crippen molar-refractivity contribution in [3.05, 3.63) is 114 Å². The molecule has 188 valence electrons. The molecule has 1 aliphatic rings. The van der Waals surface area contributed by atoms with Crippen molar-refractivity contribution in [1.82, 2.24) is 4.90 Å². The SMILES string of the molecule is O=C(Nc1ccc(S(=O)(=O)Nc2ccccc2)cc1)c1ccc(C2SCC(=O)N2Cc2ccco2)cc1. The minimum Gasteiger partial charge on any atom is -0.467 e. The van der Waals surface area contributed by atoms with Crippen LogP contribution in [0, 0.1) is 0 Å². The average molecular weight is 534 g/mol. The number of furan rings is 1. The first-order valence-corrected chi connectivity index (χ1v) is 13.9. The van der Waals surface area contributed by atoms with Crippen LogP contribution in [0.4, 0.5) is 11.4 Å². The van der Waals surface area contributed by atoms with Crippen molar-refractivity contribution in [3.8, 4) is 0 Å². The quantitative estimate of drug-likeness (QED) is 0.326. The zero-order valence-electron chi connectivity index (χ0n) is 19.5. The fraction of sp³-hybridized carbons (Fsp3) is 0.111. The van der Waals surface area contributed by atoms with E-state index in [1.165, 1.54) is 23.9 Å². The van der Waals surface area contributed by atoms with E-state index in [0.717, 1.165) is 5.56 Å². The van der Waals surface area contributed by atoms with Crippen LogP contribution in [0.2, 0.25) is 0 Å². The fourth-order valence-corrected chi connectivity index (χ4v) is 6.16. The van der Waals surface area contributed by atoms with Crippen molar-refractivity contribution in [1.29, 1.82) is 0 Å². The molecule has 8 nitrogen and oxygen atoms in total. The Morgan fingerprint density at radius 3 is 2.32 bits per heavy atom. The second-order valence-corrected chi connectivity index (χ2v) is 11.1. The standard InChI is InChI=1S/C27H23N3O5S2/c31-25-18-36-27(30(25)17-23-7-4-16-35-23)20-10-8-19(9-11-20)26(32)28-21-12-14-24(15-13-21)37(33,34)29-22-5-2-1-3-6-22/h1-16,27,29H,17-18H2,(H,28,32). The van der Waals surface area contributed by atoms with Gasteiger partial charge < -0.3 is 14.6 Å². The van der Waals surface area contributed by atoms with E-state index >= 15 is 0 Å². The number of carbonyl (C=O) groups excluding carboxylic acids is 2. The summed E-state index contributed by atoms with van der Waals surface area (Å²) in [5.74, 6) is 0.816. The normalized spacial score (nSPS) is 15.5. The van der Waals surface area contributed by atoms with Crippen molar-refractivity contribution in [3.63, 3.8) is 0 Å². The highest BCUT2D eigenvalue weighted by Crippen LogP contribution is 2.39. The van der Waals surface area contributed by atoms with E-state index < -0.39 is 10.0 Å². The van der Waals surface area contributed by atoms with E-state index in [9.17, 15) is 18.0 Å².